The lowest BCUT2D eigenvalue weighted by molar-refractivity contribution is -0.108. The van der Waals surface area contributed by atoms with E-state index in [1.54, 1.807) is 5.25 Å². The fraction of sp³-hybridized carbons (Fsp3) is 0. The summed E-state index contributed by atoms with van der Waals surface area (Å²) in [6, 6.07) is 0. The van der Waals surface area contributed by atoms with Crippen molar-refractivity contribution >= 4 is 28.0 Å². The molecule has 6 heteroatoms. The molecular formula is C5H4ClNO3S. The van der Waals surface area contributed by atoms with Crippen LogP contribution in [0.2, 0.25) is 0 Å². The summed E-state index contributed by atoms with van der Waals surface area (Å²) in [6.07, 6.45) is 1.17. The fourth-order valence-corrected chi connectivity index (χ4v) is 0.708. The third-order valence-electron chi connectivity index (χ3n) is 0.543. The lowest BCUT2D eigenvalue weighted by atomic mass is 10.7. The van der Waals surface area contributed by atoms with Gasteiger partial charge in [-0.3, -0.25) is 4.79 Å². The predicted octanol–water partition coefficient (Wildman–Crippen LogP) is -0.224. The standard InChI is InChI=1S/C5H4ClNO3S/c6-3-1-2-4-11(9,10)7-5-8/h1,3,5H,(H,7,8). The van der Waals surface area contributed by atoms with Crippen molar-refractivity contribution in [1.29, 1.82) is 0 Å². The molecule has 0 aromatic heterocycles. The molecule has 1 N–H and O–H groups in total. The molecule has 4 nitrogen and oxygen atoms in total. The zero-order valence-corrected chi connectivity index (χ0v) is 6.82. The Morgan fingerprint density at radius 2 is 2.09 bits per heavy atom. The topological polar surface area (TPSA) is 63.2 Å². The highest BCUT2D eigenvalue weighted by molar-refractivity contribution is 7.94. The Balaban J connectivity index is 4.39. The second-order valence-corrected chi connectivity index (χ2v) is 2.98. The van der Waals surface area contributed by atoms with Crippen molar-refractivity contribution in [3.63, 3.8) is 0 Å². The smallest absolute Gasteiger partial charge is 0.278 e. The maximum absolute atomic E-state index is 10.5. The Morgan fingerprint density at radius 1 is 1.45 bits per heavy atom. The van der Waals surface area contributed by atoms with Crippen molar-refractivity contribution in [2.24, 2.45) is 0 Å². The third kappa shape index (κ3) is 5.45. The highest BCUT2D eigenvalue weighted by atomic mass is 35.5. The molecule has 0 unspecified atom stereocenters. The van der Waals surface area contributed by atoms with E-state index in [-0.39, 0.29) is 6.41 Å². The van der Waals surface area contributed by atoms with Crippen LogP contribution >= 0.6 is 11.6 Å². The van der Waals surface area contributed by atoms with E-state index in [1.165, 1.54) is 4.72 Å². The molecule has 0 fully saturated rings. The summed E-state index contributed by atoms with van der Waals surface area (Å²) in [5.74, 6) is 2.09. The summed E-state index contributed by atoms with van der Waals surface area (Å²) >= 11 is 5.04. The van der Waals surface area contributed by atoms with Crippen LogP contribution in [0, 0.1) is 11.2 Å². The van der Waals surface area contributed by atoms with Gasteiger partial charge in [-0.25, -0.2) is 4.72 Å². The van der Waals surface area contributed by atoms with Gasteiger partial charge in [-0.2, -0.15) is 8.42 Å². The van der Waals surface area contributed by atoms with Gasteiger partial charge in [-0.05, 0) is 0 Å². The average Bonchev–Trinajstić information content (AvgIpc) is 1.87. The molecular weight excluding hydrogens is 190 g/mol. The van der Waals surface area contributed by atoms with Crippen molar-refractivity contribution in [2.75, 3.05) is 0 Å². The van der Waals surface area contributed by atoms with Gasteiger partial charge in [-0.1, -0.05) is 17.5 Å². The molecule has 0 aromatic rings. The zero-order valence-electron chi connectivity index (χ0n) is 5.24. The van der Waals surface area contributed by atoms with Crippen molar-refractivity contribution in [3.05, 3.63) is 11.6 Å². The number of hydrogen-bond acceptors (Lipinski definition) is 3. The lowest BCUT2D eigenvalue weighted by Gasteiger charge is -1.86. The Hall–Kier alpha value is -0.990. The lowest BCUT2D eigenvalue weighted by Crippen LogP contribution is -2.19. The van der Waals surface area contributed by atoms with Gasteiger partial charge >= 0.3 is 10.0 Å². The summed E-state index contributed by atoms with van der Waals surface area (Å²) in [4.78, 5) is 9.65. The van der Waals surface area contributed by atoms with E-state index in [9.17, 15) is 13.2 Å². The van der Waals surface area contributed by atoms with Gasteiger partial charge in [0.25, 0.3) is 0 Å². The number of halogens is 1. The van der Waals surface area contributed by atoms with Gasteiger partial charge in [0, 0.05) is 11.6 Å². The van der Waals surface area contributed by atoms with Crippen LogP contribution in [0.5, 0.6) is 0 Å². The normalized spacial score (nSPS) is 10.3. The second-order valence-electron chi connectivity index (χ2n) is 1.28. The third-order valence-corrected chi connectivity index (χ3v) is 1.46. The van der Waals surface area contributed by atoms with Gasteiger partial charge in [0.05, 0.1) is 5.25 Å². The van der Waals surface area contributed by atoms with E-state index < -0.39 is 10.0 Å². The average molecular weight is 194 g/mol. The summed E-state index contributed by atoms with van der Waals surface area (Å²) in [5.41, 5.74) is 1.06. The van der Waals surface area contributed by atoms with E-state index in [2.05, 4.69) is 5.92 Å². The number of sulfonamides is 1. The molecule has 0 aliphatic carbocycles. The number of nitrogens with one attached hydrogen (secondary N) is 1. The van der Waals surface area contributed by atoms with Crippen molar-refractivity contribution in [3.8, 4) is 11.2 Å². The predicted molar refractivity (Wildman–Crippen MR) is 40.9 cm³/mol. The number of carbonyl (C=O) groups is 1. The van der Waals surface area contributed by atoms with Crippen LogP contribution in [-0.2, 0) is 14.8 Å². The molecule has 60 valence electrons. The van der Waals surface area contributed by atoms with Crippen LogP contribution in [-0.4, -0.2) is 14.8 Å². The van der Waals surface area contributed by atoms with Crippen LogP contribution in [0.4, 0.5) is 0 Å². The maximum atomic E-state index is 10.5. The molecule has 0 spiro atoms. The molecule has 0 radical (unpaired) electrons. The van der Waals surface area contributed by atoms with E-state index in [4.69, 9.17) is 11.6 Å². The highest BCUT2D eigenvalue weighted by Crippen LogP contribution is 1.78. The van der Waals surface area contributed by atoms with Crippen LogP contribution in [0.15, 0.2) is 11.6 Å². The molecule has 0 bridgehead atoms. The van der Waals surface area contributed by atoms with Gasteiger partial charge in [0.1, 0.15) is 0 Å². The van der Waals surface area contributed by atoms with Crippen LogP contribution < -0.4 is 4.72 Å². The largest absolute Gasteiger partial charge is 0.304 e. The van der Waals surface area contributed by atoms with E-state index in [1.807, 2.05) is 0 Å². The molecule has 1 amide bonds. The minimum Gasteiger partial charge on any atom is -0.278 e. The number of carbonyl (C=O) groups excluding carboxylic acids is 1. The molecule has 0 saturated carbocycles. The first-order valence-corrected chi connectivity index (χ1v) is 4.28. The second kappa shape index (κ2) is 4.77. The molecule has 11 heavy (non-hydrogen) atoms. The summed E-state index contributed by atoms with van der Waals surface area (Å²) in [5, 5.41) is 1.77. The molecule has 0 aliphatic rings. The van der Waals surface area contributed by atoms with E-state index >= 15 is 0 Å². The van der Waals surface area contributed by atoms with Gasteiger partial charge in [-0.15, -0.1) is 0 Å². The minimum atomic E-state index is -3.79. The number of hydrogen-bond donors (Lipinski definition) is 1. The van der Waals surface area contributed by atoms with Crippen LogP contribution in [0.3, 0.4) is 0 Å². The van der Waals surface area contributed by atoms with E-state index in [0.29, 0.717) is 0 Å². The zero-order chi connectivity index (χ0) is 8.74. The Labute approximate surface area is 69.3 Å². The first kappa shape index (κ1) is 10.0. The van der Waals surface area contributed by atoms with Crippen molar-refractivity contribution in [1.82, 2.24) is 4.72 Å². The first-order valence-electron chi connectivity index (χ1n) is 2.36. The summed E-state index contributed by atoms with van der Waals surface area (Å²) in [7, 11) is -3.79. The Kier molecular flexibility index (Phi) is 4.34. The minimum absolute atomic E-state index is 0.0361. The van der Waals surface area contributed by atoms with Crippen molar-refractivity contribution in [2.45, 2.75) is 0 Å². The Morgan fingerprint density at radius 3 is 2.55 bits per heavy atom. The summed E-state index contributed by atoms with van der Waals surface area (Å²) in [6.45, 7) is 0. The highest BCUT2D eigenvalue weighted by Gasteiger charge is 1.99. The van der Waals surface area contributed by atoms with Crippen LogP contribution in [0.25, 0.3) is 0 Å². The number of amides is 1. The quantitative estimate of drug-likeness (QED) is 0.487. The molecule has 0 rings (SSSR count). The number of rotatable bonds is 2. The van der Waals surface area contributed by atoms with Gasteiger partial charge < -0.3 is 0 Å². The molecule has 0 heterocycles. The molecule has 0 aromatic carbocycles. The van der Waals surface area contributed by atoms with Gasteiger partial charge in [0.15, 0.2) is 0 Å². The summed E-state index contributed by atoms with van der Waals surface area (Å²) < 4.78 is 22.5. The van der Waals surface area contributed by atoms with Crippen molar-refractivity contribution < 1.29 is 13.2 Å². The van der Waals surface area contributed by atoms with Gasteiger partial charge in [0.2, 0.25) is 6.41 Å². The Bertz CT molecular complexity index is 308. The first-order chi connectivity index (χ1) is 5.12. The monoisotopic (exact) mass is 193 g/mol. The fourth-order valence-electron chi connectivity index (χ4n) is 0.236. The molecule has 0 aliphatic heterocycles. The maximum Gasteiger partial charge on any atom is 0.304 e. The molecule has 0 atom stereocenters. The van der Waals surface area contributed by atoms with E-state index in [0.717, 1.165) is 11.6 Å². The molecule has 0 saturated heterocycles. The SMILES string of the molecule is O=CNS(=O)(=O)C#CC=CCl. The van der Waals surface area contributed by atoms with Crippen LogP contribution in [0.1, 0.15) is 0 Å². The number of allylic oxidation sites excluding steroid dienone is 1.